The van der Waals surface area contributed by atoms with Crippen LogP contribution in [-0.2, 0) is 15.9 Å². The van der Waals surface area contributed by atoms with Crippen LogP contribution >= 0.6 is 22.6 Å². The molecule has 0 spiro atoms. The Morgan fingerprint density at radius 3 is 2.24 bits per heavy atom. The van der Waals surface area contributed by atoms with Crippen molar-refractivity contribution in [2.75, 3.05) is 14.2 Å². The molecule has 2 aromatic carbocycles. The summed E-state index contributed by atoms with van der Waals surface area (Å²) in [4.78, 5) is 24.5. The average molecular weight is 450 g/mol. The lowest BCUT2D eigenvalue weighted by Crippen LogP contribution is -2.15. The van der Waals surface area contributed by atoms with Crippen molar-refractivity contribution >= 4 is 34.5 Å². The Hall–Kier alpha value is -2.15. The normalized spacial score (nSPS) is 10.2. The van der Waals surface area contributed by atoms with Crippen molar-refractivity contribution in [2.45, 2.75) is 12.8 Å². The molecule has 25 heavy (non-hydrogen) atoms. The van der Waals surface area contributed by atoms with Gasteiger partial charge in [0.15, 0.2) is 0 Å². The van der Waals surface area contributed by atoms with Gasteiger partial charge in [-0.1, -0.05) is 24.3 Å². The van der Waals surface area contributed by atoms with E-state index in [2.05, 4.69) is 29.2 Å². The first-order valence-corrected chi connectivity index (χ1v) is 8.80. The zero-order valence-corrected chi connectivity index (χ0v) is 16.3. The maximum absolute atomic E-state index is 12.3. The molecule has 0 heterocycles. The summed E-state index contributed by atoms with van der Waals surface area (Å²) < 4.78 is 10.9. The van der Waals surface area contributed by atoms with Crippen molar-refractivity contribution in [1.29, 1.82) is 0 Å². The van der Waals surface area contributed by atoms with Crippen LogP contribution < -0.4 is 0 Å². The smallest absolute Gasteiger partial charge is 0.339 e. The van der Waals surface area contributed by atoms with Gasteiger partial charge < -0.3 is 9.47 Å². The standard InChI is InChI=1S/C20H19IO4/c1-4-5-6-14-11-15(13-7-9-16(21)10-8-13)12-17(19(22)24-2)18(14)20(23)25-3/h4,7-12H,1,5-6H2,2-3H3. The number of hydrogen-bond acceptors (Lipinski definition) is 4. The van der Waals surface area contributed by atoms with Crippen molar-refractivity contribution in [3.05, 3.63) is 69.3 Å². The van der Waals surface area contributed by atoms with Crippen molar-refractivity contribution in [3.8, 4) is 11.1 Å². The topological polar surface area (TPSA) is 52.6 Å². The van der Waals surface area contributed by atoms with Crippen LogP contribution in [0.3, 0.4) is 0 Å². The number of hydrogen-bond donors (Lipinski definition) is 0. The number of benzene rings is 2. The maximum Gasteiger partial charge on any atom is 0.339 e. The van der Waals surface area contributed by atoms with Gasteiger partial charge in [-0.25, -0.2) is 9.59 Å². The molecule has 0 aliphatic heterocycles. The molecule has 0 aliphatic carbocycles. The minimum atomic E-state index is -0.562. The molecule has 2 aromatic rings. The highest BCUT2D eigenvalue weighted by molar-refractivity contribution is 14.1. The number of rotatable bonds is 6. The van der Waals surface area contributed by atoms with Gasteiger partial charge in [0.05, 0.1) is 25.3 Å². The number of allylic oxidation sites excluding steroid dienone is 1. The van der Waals surface area contributed by atoms with E-state index in [-0.39, 0.29) is 11.1 Å². The summed E-state index contributed by atoms with van der Waals surface area (Å²) in [6, 6.07) is 11.5. The number of ether oxygens (including phenoxy) is 2. The van der Waals surface area contributed by atoms with Crippen molar-refractivity contribution in [3.63, 3.8) is 0 Å². The zero-order valence-electron chi connectivity index (χ0n) is 14.2. The Morgan fingerprint density at radius 2 is 1.68 bits per heavy atom. The van der Waals surface area contributed by atoms with Gasteiger partial charge in [-0.15, -0.1) is 6.58 Å². The number of carbonyl (C=O) groups excluding carboxylic acids is 2. The largest absolute Gasteiger partial charge is 0.465 e. The van der Waals surface area contributed by atoms with Crippen molar-refractivity contribution in [2.24, 2.45) is 0 Å². The summed E-state index contributed by atoms with van der Waals surface area (Å²) in [5, 5.41) is 0. The first-order valence-electron chi connectivity index (χ1n) is 7.72. The summed E-state index contributed by atoms with van der Waals surface area (Å²) in [5.41, 5.74) is 3.02. The molecule has 5 heteroatoms. The second-order valence-electron chi connectivity index (χ2n) is 5.38. The molecule has 130 valence electrons. The van der Waals surface area contributed by atoms with Gasteiger partial charge in [0, 0.05) is 3.57 Å². The van der Waals surface area contributed by atoms with Crippen LogP contribution in [-0.4, -0.2) is 26.2 Å². The van der Waals surface area contributed by atoms with Gasteiger partial charge in [-0.05, 0) is 70.3 Å². The Morgan fingerprint density at radius 1 is 1.04 bits per heavy atom. The van der Waals surface area contributed by atoms with Crippen LogP contribution in [0.25, 0.3) is 11.1 Å². The van der Waals surface area contributed by atoms with E-state index in [9.17, 15) is 9.59 Å². The predicted octanol–water partition coefficient (Wildman–Crippen LogP) is 4.65. The highest BCUT2D eigenvalue weighted by atomic mass is 127. The van der Waals surface area contributed by atoms with Gasteiger partial charge in [-0.2, -0.15) is 0 Å². The molecule has 0 N–H and O–H groups in total. The molecule has 0 atom stereocenters. The first-order chi connectivity index (χ1) is 12.0. The first kappa shape index (κ1) is 19.2. The number of methoxy groups -OCH3 is 2. The van der Waals surface area contributed by atoms with E-state index in [1.165, 1.54) is 14.2 Å². The third-order valence-electron chi connectivity index (χ3n) is 3.81. The second-order valence-corrected chi connectivity index (χ2v) is 6.62. The minimum absolute atomic E-state index is 0.212. The Kier molecular flexibility index (Phi) is 6.75. The summed E-state index contributed by atoms with van der Waals surface area (Å²) in [6.07, 6.45) is 3.04. The van der Waals surface area contributed by atoms with E-state index in [1.807, 2.05) is 30.3 Å². The Balaban J connectivity index is 2.70. The van der Waals surface area contributed by atoms with Crippen molar-refractivity contribution in [1.82, 2.24) is 0 Å². The van der Waals surface area contributed by atoms with E-state index in [1.54, 1.807) is 12.1 Å². The Labute approximate surface area is 161 Å². The fourth-order valence-electron chi connectivity index (χ4n) is 2.58. The number of esters is 2. The molecule has 0 bridgehead atoms. The SMILES string of the molecule is C=CCCc1cc(-c2ccc(I)cc2)cc(C(=O)OC)c1C(=O)OC. The summed E-state index contributed by atoms with van der Waals surface area (Å²) in [7, 11) is 2.60. The molecule has 2 rings (SSSR count). The lowest BCUT2D eigenvalue weighted by atomic mass is 9.92. The summed E-state index contributed by atoms with van der Waals surface area (Å²) in [5.74, 6) is -1.11. The fraction of sp³-hybridized carbons (Fsp3) is 0.200. The number of aryl methyl sites for hydroxylation is 1. The third-order valence-corrected chi connectivity index (χ3v) is 4.53. The van der Waals surface area contributed by atoms with Crippen LogP contribution in [0.5, 0.6) is 0 Å². The number of halogens is 1. The summed E-state index contributed by atoms with van der Waals surface area (Å²) >= 11 is 2.24. The molecular weight excluding hydrogens is 431 g/mol. The molecule has 0 unspecified atom stereocenters. The predicted molar refractivity (Wildman–Crippen MR) is 106 cm³/mol. The van der Waals surface area contributed by atoms with Crippen molar-refractivity contribution < 1.29 is 19.1 Å². The molecule has 0 saturated heterocycles. The molecule has 0 radical (unpaired) electrons. The number of carbonyl (C=O) groups is 2. The molecule has 4 nitrogen and oxygen atoms in total. The van der Waals surface area contributed by atoms with Gasteiger partial charge >= 0.3 is 11.9 Å². The van der Waals surface area contributed by atoms with Gasteiger partial charge in [0.25, 0.3) is 0 Å². The average Bonchev–Trinajstić information content (AvgIpc) is 2.64. The van der Waals surface area contributed by atoms with Crippen LogP contribution in [0.4, 0.5) is 0 Å². The molecule has 0 aromatic heterocycles. The molecule has 0 saturated carbocycles. The third kappa shape index (κ3) is 4.48. The quantitative estimate of drug-likeness (QED) is 0.365. The van der Waals surface area contributed by atoms with Gasteiger partial charge in [0.1, 0.15) is 0 Å². The monoisotopic (exact) mass is 450 g/mol. The van der Waals surface area contributed by atoms with E-state index >= 15 is 0 Å². The lowest BCUT2D eigenvalue weighted by Gasteiger charge is -2.15. The molecule has 0 aliphatic rings. The Bertz CT molecular complexity index is 794. The second kappa shape index (κ2) is 8.80. The minimum Gasteiger partial charge on any atom is -0.465 e. The molecule has 0 fully saturated rings. The highest BCUT2D eigenvalue weighted by Gasteiger charge is 2.23. The summed E-state index contributed by atoms with van der Waals surface area (Å²) in [6.45, 7) is 3.73. The van der Waals surface area contributed by atoms with E-state index in [0.29, 0.717) is 12.8 Å². The maximum atomic E-state index is 12.3. The van der Waals surface area contributed by atoms with E-state index in [4.69, 9.17) is 9.47 Å². The van der Waals surface area contributed by atoms with Gasteiger partial charge in [0.2, 0.25) is 0 Å². The van der Waals surface area contributed by atoms with Crippen LogP contribution in [0.1, 0.15) is 32.7 Å². The highest BCUT2D eigenvalue weighted by Crippen LogP contribution is 2.28. The van der Waals surface area contributed by atoms with E-state index in [0.717, 1.165) is 20.3 Å². The zero-order chi connectivity index (χ0) is 18.4. The molecule has 0 amide bonds. The van der Waals surface area contributed by atoms with Crippen LogP contribution in [0, 0.1) is 3.57 Å². The van der Waals surface area contributed by atoms with Crippen LogP contribution in [0.2, 0.25) is 0 Å². The van der Waals surface area contributed by atoms with Gasteiger partial charge in [-0.3, -0.25) is 0 Å². The van der Waals surface area contributed by atoms with E-state index < -0.39 is 11.9 Å². The van der Waals surface area contributed by atoms with Crippen LogP contribution in [0.15, 0.2) is 49.1 Å². The fourth-order valence-corrected chi connectivity index (χ4v) is 2.94. The molecular formula is C20H19IO4. The lowest BCUT2D eigenvalue weighted by molar-refractivity contribution is 0.0554.